The van der Waals surface area contributed by atoms with E-state index in [4.69, 9.17) is 9.57 Å². The maximum absolute atomic E-state index is 6.62. The van der Waals surface area contributed by atoms with Crippen LogP contribution in [-0.2, 0) is 4.84 Å². The highest BCUT2D eigenvalue weighted by molar-refractivity contribution is 5.21. The van der Waals surface area contributed by atoms with E-state index in [2.05, 4.69) is 24.1 Å². The zero-order valence-electron chi connectivity index (χ0n) is 17.5. The van der Waals surface area contributed by atoms with Gasteiger partial charge in [-0.2, -0.15) is 5.06 Å². The normalized spacial score (nSPS) is 32.5. The van der Waals surface area contributed by atoms with Crippen LogP contribution in [0.2, 0.25) is 0 Å². The summed E-state index contributed by atoms with van der Waals surface area (Å²) in [5.41, 5.74) is 0.264. The van der Waals surface area contributed by atoms with Gasteiger partial charge in [-0.1, -0.05) is 69.4 Å². The first-order valence-corrected chi connectivity index (χ1v) is 11.6. The quantitative estimate of drug-likeness (QED) is 0.369. The lowest BCUT2D eigenvalue weighted by atomic mass is 9.70. The molecule has 4 rings (SSSR count). The fourth-order valence-corrected chi connectivity index (χ4v) is 5.66. The number of unbranched alkanes of at least 4 members (excludes halogenated alkanes) is 4. The van der Waals surface area contributed by atoms with Crippen LogP contribution in [0.25, 0.3) is 0 Å². The van der Waals surface area contributed by atoms with Crippen LogP contribution in [0.15, 0.2) is 42.5 Å². The van der Waals surface area contributed by atoms with Gasteiger partial charge in [0.2, 0.25) is 0 Å². The first-order chi connectivity index (χ1) is 13.8. The van der Waals surface area contributed by atoms with E-state index in [0.717, 1.165) is 12.4 Å². The monoisotopic (exact) mass is 383 g/mol. The van der Waals surface area contributed by atoms with E-state index < -0.39 is 0 Å². The van der Waals surface area contributed by atoms with Crippen molar-refractivity contribution < 1.29 is 9.57 Å². The Balaban J connectivity index is 1.37. The van der Waals surface area contributed by atoms with Crippen molar-refractivity contribution in [1.82, 2.24) is 5.06 Å². The molecular formula is C25H37NO2. The average Bonchev–Trinajstić information content (AvgIpc) is 3.23. The molecule has 1 spiro atoms. The van der Waals surface area contributed by atoms with Crippen molar-refractivity contribution in [2.24, 2.45) is 5.92 Å². The van der Waals surface area contributed by atoms with E-state index in [-0.39, 0.29) is 11.6 Å². The predicted molar refractivity (Wildman–Crippen MR) is 114 cm³/mol. The van der Waals surface area contributed by atoms with Crippen LogP contribution in [0.1, 0.15) is 77.6 Å². The Bertz CT molecular complexity index is 631. The molecule has 3 fully saturated rings. The Hall–Kier alpha value is -1.32. The molecule has 3 aliphatic rings. The summed E-state index contributed by atoms with van der Waals surface area (Å²) >= 11 is 0. The van der Waals surface area contributed by atoms with Crippen molar-refractivity contribution in [1.29, 1.82) is 0 Å². The first-order valence-electron chi connectivity index (χ1n) is 11.6. The van der Waals surface area contributed by atoms with Gasteiger partial charge in [0.05, 0.1) is 11.6 Å². The molecule has 3 heteroatoms. The van der Waals surface area contributed by atoms with Crippen LogP contribution in [0, 0.1) is 5.92 Å². The second-order valence-corrected chi connectivity index (χ2v) is 8.95. The van der Waals surface area contributed by atoms with Gasteiger partial charge in [-0.3, -0.25) is 4.84 Å². The largest absolute Gasteiger partial charge is 0.492 e. The molecule has 2 saturated heterocycles. The summed E-state index contributed by atoms with van der Waals surface area (Å²) in [4.78, 5) is 6.62. The summed E-state index contributed by atoms with van der Waals surface area (Å²) < 4.78 is 6.11. The van der Waals surface area contributed by atoms with Crippen molar-refractivity contribution >= 4 is 0 Å². The number of allylic oxidation sites excluding steroid dienone is 1. The predicted octanol–water partition coefficient (Wildman–Crippen LogP) is 6.30. The van der Waals surface area contributed by atoms with Gasteiger partial charge in [-0.15, -0.1) is 0 Å². The molecule has 2 aliphatic heterocycles. The van der Waals surface area contributed by atoms with Gasteiger partial charge in [0.15, 0.2) is 0 Å². The standard InChI is InChI=1S/C25H37NO2/c1-2-3-4-5-6-10-16-24-23-15-11-12-18-25(23)19-17-21(26(25)28-24)20-27-22-13-8-7-9-14-22/h7-10,13-14,16,21,23-24H,2-6,11-12,15,17-20H2,1H3/b16-10+/t21-,23+,24+,25-/m1/s1. The SMILES string of the molecule is CCCCCC/C=C/[C@@H]1ON2[C@@H](COc3ccccc3)CC[C@@]23CCCC[C@@H]13. The molecule has 0 amide bonds. The number of para-hydroxylation sites is 1. The van der Waals surface area contributed by atoms with Gasteiger partial charge in [-0.05, 0) is 50.7 Å². The smallest absolute Gasteiger partial charge is 0.119 e. The van der Waals surface area contributed by atoms with E-state index in [1.807, 2.05) is 30.3 Å². The Morgan fingerprint density at radius 1 is 1.11 bits per heavy atom. The van der Waals surface area contributed by atoms with Crippen molar-refractivity contribution in [2.45, 2.75) is 95.2 Å². The third kappa shape index (κ3) is 4.16. The van der Waals surface area contributed by atoms with Crippen molar-refractivity contribution in [2.75, 3.05) is 6.61 Å². The topological polar surface area (TPSA) is 21.7 Å². The van der Waals surface area contributed by atoms with Crippen molar-refractivity contribution in [3.8, 4) is 5.75 Å². The molecule has 2 heterocycles. The minimum atomic E-state index is 0.264. The molecule has 1 aromatic rings. The van der Waals surface area contributed by atoms with Crippen LogP contribution in [0.3, 0.4) is 0 Å². The Morgan fingerprint density at radius 2 is 2.00 bits per heavy atom. The van der Waals surface area contributed by atoms with E-state index in [1.165, 1.54) is 70.6 Å². The average molecular weight is 384 g/mol. The van der Waals surface area contributed by atoms with E-state index >= 15 is 0 Å². The molecule has 1 aromatic carbocycles. The summed E-state index contributed by atoms with van der Waals surface area (Å²) in [6.45, 7) is 3.00. The molecule has 1 saturated carbocycles. The Morgan fingerprint density at radius 3 is 2.86 bits per heavy atom. The number of nitrogens with zero attached hydrogens (tertiary/aromatic N) is 1. The van der Waals surface area contributed by atoms with Crippen LogP contribution < -0.4 is 4.74 Å². The maximum Gasteiger partial charge on any atom is 0.119 e. The van der Waals surface area contributed by atoms with E-state index in [9.17, 15) is 0 Å². The first kappa shape index (κ1) is 20.0. The highest BCUT2D eigenvalue weighted by Crippen LogP contribution is 2.54. The molecular weight excluding hydrogens is 346 g/mol. The van der Waals surface area contributed by atoms with Gasteiger partial charge in [0, 0.05) is 5.92 Å². The van der Waals surface area contributed by atoms with Gasteiger partial charge in [0.25, 0.3) is 0 Å². The number of hydrogen-bond acceptors (Lipinski definition) is 3. The lowest BCUT2D eigenvalue weighted by Gasteiger charge is -2.40. The van der Waals surface area contributed by atoms with Gasteiger partial charge < -0.3 is 4.74 Å². The number of benzene rings is 1. The summed E-state index contributed by atoms with van der Waals surface area (Å²) in [6.07, 6.45) is 19.3. The zero-order valence-corrected chi connectivity index (χ0v) is 17.5. The third-order valence-corrected chi connectivity index (χ3v) is 7.11. The molecule has 0 N–H and O–H groups in total. The van der Waals surface area contributed by atoms with Gasteiger partial charge in [0.1, 0.15) is 18.5 Å². The summed E-state index contributed by atoms with van der Waals surface area (Å²) in [5, 5.41) is 2.39. The van der Waals surface area contributed by atoms with Crippen molar-refractivity contribution in [3.05, 3.63) is 42.5 Å². The second-order valence-electron chi connectivity index (χ2n) is 8.95. The molecule has 0 radical (unpaired) electrons. The Kier molecular flexibility index (Phi) is 6.74. The third-order valence-electron chi connectivity index (χ3n) is 7.11. The van der Waals surface area contributed by atoms with Gasteiger partial charge >= 0.3 is 0 Å². The minimum absolute atomic E-state index is 0.264. The minimum Gasteiger partial charge on any atom is -0.492 e. The van der Waals surface area contributed by atoms with Crippen molar-refractivity contribution in [3.63, 3.8) is 0 Å². The van der Waals surface area contributed by atoms with Crippen LogP contribution in [0.5, 0.6) is 5.75 Å². The van der Waals surface area contributed by atoms with Crippen LogP contribution in [0.4, 0.5) is 0 Å². The lowest BCUT2D eigenvalue weighted by Crippen LogP contribution is -2.48. The molecule has 4 atom stereocenters. The summed E-state index contributed by atoms with van der Waals surface area (Å²) in [6, 6.07) is 10.6. The number of hydrogen-bond donors (Lipinski definition) is 0. The molecule has 3 nitrogen and oxygen atoms in total. The number of ether oxygens (including phenoxy) is 1. The van der Waals surface area contributed by atoms with Crippen LogP contribution >= 0.6 is 0 Å². The molecule has 0 unspecified atom stereocenters. The molecule has 154 valence electrons. The fourth-order valence-electron chi connectivity index (χ4n) is 5.66. The van der Waals surface area contributed by atoms with Crippen LogP contribution in [-0.4, -0.2) is 29.4 Å². The number of hydroxylamine groups is 2. The van der Waals surface area contributed by atoms with E-state index in [1.54, 1.807) is 0 Å². The fraction of sp³-hybridized carbons (Fsp3) is 0.680. The molecule has 28 heavy (non-hydrogen) atoms. The highest BCUT2D eigenvalue weighted by atomic mass is 16.7. The summed E-state index contributed by atoms with van der Waals surface area (Å²) in [7, 11) is 0. The summed E-state index contributed by atoms with van der Waals surface area (Å²) in [5.74, 6) is 1.63. The number of rotatable bonds is 9. The molecule has 0 aromatic heterocycles. The molecule has 0 bridgehead atoms. The Labute approximate surface area is 171 Å². The zero-order chi connectivity index (χ0) is 19.2. The second kappa shape index (κ2) is 9.45. The highest BCUT2D eigenvalue weighted by Gasteiger charge is 2.60. The lowest BCUT2D eigenvalue weighted by molar-refractivity contribution is -0.191. The van der Waals surface area contributed by atoms with Gasteiger partial charge in [-0.25, -0.2) is 0 Å². The van der Waals surface area contributed by atoms with E-state index in [0.29, 0.717) is 12.0 Å². The maximum atomic E-state index is 6.62. The molecule has 1 aliphatic carbocycles.